The quantitative estimate of drug-likeness (QED) is 0.233. The van der Waals surface area contributed by atoms with Crippen LogP contribution >= 0.6 is 0 Å². The van der Waals surface area contributed by atoms with Gasteiger partial charge in [-0.25, -0.2) is 0 Å². The van der Waals surface area contributed by atoms with Crippen LogP contribution in [0.2, 0.25) is 0 Å². The summed E-state index contributed by atoms with van der Waals surface area (Å²) in [6.45, 7) is 7.26. The third kappa shape index (κ3) is 5.61. The number of imide groups is 1. The molecule has 1 N–H and O–H groups in total. The van der Waals surface area contributed by atoms with Crippen LogP contribution in [-0.4, -0.2) is 68.6 Å². The zero-order chi connectivity index (χ0) is 30.6. The minimum absolute atomic E-state index is 0.291. The lowest BCUT2D eigenvalue weighted by Crippen LogP contribution is -2.46. The van der Waals surface area contributed by atoms with Crippen molar-refractivity contribution in [2.75, 3.05) is 57.2 Å². The molecular weight excluding hydrogens is 552 g/mol. The molecule has 1 unspecified atom stereocenters. The topological polar surface area (TPSA) is 74.3 Å². The van der Waals surface area contributed by atoms with E-state index in [1.165, 1.54) is 4.90 Å². The van der Waals surface area contributed by atoms with E-state index in [1.54, 1.807) is 20.3 Å². The molecule has 1 atom stereocenters. The van der Waals surface area contributed by atoms with Gasteiger partial charge in [-0.1, -0.05) is 61.5 Å². The molecule has 0 spiro atoms. The summed E-state index contributed by atoms with van der Waals surface area (Å²) in [6.07, 6.45) is 0. The highest BCUT2D eigenvalue weighted by Crippen LogP contribution is 2.42. The Morgan fingerprint density at radius 2 is 1.48 bits per heavy atom. The summed E-state index contributed by atoms with van der Waals surface area (Å²) in [5.41, 5.74) is 5.34. The fourth-order valence-corrected chi connectivity index (χ4v) is 6.22. The maximum atomic E-state index is 14.4. The normalized spacial score (nSPS) is 15.7. The molecule has 4 aromatic rings. The lowest BCUT2D eigenvalue weighted by molar-refractivity contribution is 0.0608. The average molecular weight is 591 g/mol. The van der Waals surface area contributed by atoms with Crippen LogP contribution in [0.15, 0.2) is 91.0 Å². The first-order chi connectivity index (χ1) is 21.5. The summed E-state index contributed by atoms with van der Waals surface area (Å²) in [5.74, 6) is 0.506. The SMILES string of the molecule is CCN1CCN(c2cccc3c2C(=O)N(C(c2cccc(NCc4ccccc4)c2)c2ccc(OC)c(OC)c2)C3=O)CC1. The zero-order valence-corrected chi connectivity index (χ0v) is 25.5. The number of benzene rings is 4. The molecule has 2 aliphatic heterocycles. The van der Waals surface area contributed by atoms with Crippen LogP contribution in [0.3, 0.4) is 0 Å². The van der Waals surface area contributed by atoms with E-state index in [0.29, 0.717) is 29.2 Å². The van der Waals surface area contributed by atoms with E-state index in [1.807, 2.05) is 72.8 Å². The van der Waals surface area contributed by atoms with E-state index in [-0.39, 0.29) is 11.8 Å². The molecule has 226 valence electrons. The minimum Gasteiger partial charge on any atom is -0.493 e. The van der Waals surface area contributed by atoms with E-state index in [9.17, 15) is 9.59 Å². The van der Waals surface area contributed by atoms with E-state index in [0.717, 1.165) is 60.8 Å². The lowest BCUT2D eigenvalue weighted by atomic mass is 9.96. The number of hydrogen-bond acceptors (Lipinski definition) is 7. The Morgan fingerprint density at radius 3 is 2.20 bits per heavy atom. The van der Waals surface area contributed by atoms with Crippen LogP contribution in [0.25, 0.3) is 0 Å². The van der Waals surface area contributed by atoms with Crippen molar-refractivity contribution in [3.8, 4) is 11.5 Å². The highest BCUT2D eigenvalue weighted by molar-refractivity contribution is 6.24. The number of hydrogen-bond donors (Lipinski definition) is 1. The molecule has 0 aromatic heterocycles. The van der Waals surface area contributed by atoms with E-state index >= 15 is 0 Å². The highest BCUT2D eigenvalue weighted by atomic mass is 16.5. The van der Waals surface area contributed by atoms with E-state index < -0.39 is 6.04 Å². The average Bonchev–Trinajstić information content (AvgIpc) is 3.33. The second kappa shape index (κ2) is 12.8. The van der Waals surface area contributed by atoms with Gasteiger partial charge in [0.05, 0.1) is 37.1 Å². The van der Waals surface area contributed by atoms with Crippen molar-refractivity contribution in [1.82, 2.24) is 9.80 Å². The van der Waals surface area contributed by atoms with Crippen molar-refractivity contribution in [2.24, 2.45) is 0 Å². The first kappa shape index (κ1) is 29.3. The summed E-state index contributed by atoms with van der Waals surface area (Å²) in [6, 6.07) is 28.6. The summed E-state index contributed by atoms with van der Waals surface area (Å²) < 4.78 is 11.1. The number of ether oxygens (including phenoxy) is 2. The number of methoxy groups -OCH3 is 2. The van der Waals surface area contributed by atoms with Gasteiger partial charge in [0.25, 0.3) is 11.8 Å². The molecule has 2 aliphatic rings. The number of nitrogens with one attached hydrogen (secondary N) is 1. The Labute approximate surface area is 258 Å². The van der Waals surface area contributed by atoms with E-state index in [2.05, 4.69) is 34.2 Å². The van der Waals surface area contributed by atoms with Gasteiger partial charge in [0.1, 0.15) is 0 Å². The number of carbonyl (C=O) groups excluding carboxylic acids is 2. The van der Waals surface area contributed by atoms with Crippen molar-refractivity contribution in [1.29, 1.82) is 0 Å². The Morgan fingerprint density at radius 1 is 0.750 bits per heavy atom. The third-order valence-corrected chi connectivity index (χ3v) is 8.61. The van der Waals surface area contributed by atoms with Gasteiger partial charge in [-0.2, -0.15) is 0 Å². The van der Waals surface area contributed by atoms with Crippen molar-refractivity contribution < 1.29 is 19.1 Å². The second-order valence-corrected chi connectivity index (χ2v) is 11.1. The minimum atomic E-state index is -0.689. The lowest BCUT2D eigenvalue weighted by Gasteiger charge is -2.36. The standard InChI is InChI=1S/C36H38N4O4/c1-4-38-18-20-39(21-19-38)30-15-9-14-29-33(30)36(42)40(35(29)41)34(27-16-17-31(43-2)32(23-27)44-3)26-12-8-13-28(22-26)37-24-25-10-6-5-7-11-25/h5-17,22-23,34,37H,4,18-21,24H2,1-3H3. The molecule has 8 heteroatoms. The van der Waals surface area contributed by atoms with Crippen LogP contribution in [0.5, 0.6) is 11.5 Å². The first-order valence-electron chi connectivity index (χ1n) is 15.1. The monoisotopic (exact) mass is 590 g/mol. The van der Waals surface area contributed by atoms with Gasteiger partial charge in [-0.15, -0.1) is 0 Å². The largest absolute Gasteiger partial charge is 0.493 e. The number of amides is 2. The summed E-state index contributed by atoms with van der Waals surface area (Å²) in [7, 11) is 3.17. The Kier molecular flexibility index (Phi) is 8.52. The van der Waals surface area contributed by atoms with Crippen molar-refractivity contribution >= 4 is 23.2 Å². The number of nitrogens with zero attached hydrogens (tertiary/aromatic N) is 3. The molecule has 4 aromatic carbocycles. The van der Waals surface area contributed by atoms with Gasteiger partial charge in [0.2, 0.25) is 0 Å². The molecule has 44 heavy (non-hydrogen) atoms. The van der Waals surface area contributed by atoms with E-state index in [4.69, 9.17) is 9.47 Å². The molecule has 0 aliphatic carbocycles. The predicted octanol–water partition coefficient (Wildman–Crippen LogP) is 5.84. The smallest absolute Gasteiger partial charge is 0.264 e. The number of carbonyl (C=O) groups is 2. The van der Waals surface area contributed by atoms with Gasteiger partial charge in [0.15, 0.2) is 11.5 Å². The molecule has 2 heterocycles. The maximum Gasteiger partial charge on any atom is 0.264 e. The number of rotatable bonds is 10. The summed E-state index contributed by atoms with van der Waals surface area (Å²) in [4.78, 5) is 34.7. The molecule has 0 radical (unpaired) electrons. The molecule has 2 amide bonds. The van der Waals surface area contributed by atoms with Crippen LogP contribution in [0.1, 0.15) is 50.4 Å². The van der Waals surface area contributed by atoms with Crippen molar-refractivity contribution in [2.45, 2.75) is 19.5 Å². The maximum absolute atomic E-state index is 14.4. The first-order valence-corrected chi connectivity index (χ1v) is 15.1. The van der Waals surface area contributed by atoms with Gasteiger partial charge < -0.3 is 24.6 Å². The number of anilines is 2. The predicted molar refractivity (Wildman–Crippen MR) is 173 cm³/mol. The van der Waals surface area contributed by atoms with Gasteiger partial charge in [-0.3, -0.25) is 14.5 Å². The zero-order valence-electron chi connectivity index (χ0n) is 25.5. The van der Waals surface area contributed by atoms with Crippen molar-refractivity contribution in [3.63, 3.8) is 0 Å². The van der Waals surface area contributed by atoms with Gasteiger partial charge >= 0.3 is 0 Å². The summed E-state index contributed by atoms with van der Waals surface area (Å²) in [5, 5.41) is 3.50. The Hall–Kier alpha value is -4.82. The third-order valence-electron chi connectivity index (χ3n) is 8.61. The van der Waals surface area contributed by atoms with Crippen LogP contribution in [0, 0.1) is 0 Å². The summed E-state index contributed by atoms with van der Waals surface area (Å²) >= 11 is 0. The van der Waals surface area contributed by atoms with Crippen LogP contribution < -0.4 is 19.7 Å². The fourth-order valence-electron chi connectivity index (χ4n) is 6.22. The highest BCUT2D eigenvalue weighted by Gasteiger charge is 2.43. The Bertz CT molecular complexity index is 1650. The molecule has 1 saturated heterocycles. The molecule has 1 fully saturated rings. The molecule has 0 bridgehead atoms. The Balaban J connectivity index is 1.40. The molecule has 0 saturated carbocycles. The van der Waals surface area contributed by atoms with Crippen LogP contribution in [0.4, 0.5) is 11.4 Å². The van der Waals surface area contributed by atoms with Crippen LogP contribution in [-0.2, 0) is 6.54 Å². The number of piperazine rings is 1. The number of fused-ring (bicyclic) bond motifs is 1. The van der Waals surface area contributed by atoms with Gasteiger partial charge in [0, 0.05) is 38.4 Å². The molecular formula is C36H38N4O4. The second-order valence-electron chi connectivity index (χ2n) is 11.1. The number of likely N-dealkylation sites (N-methyl/N-ethyl adjacent to an activating group) is 1. The van der Waals surface area contributed by atoms with Crippen molar-refractivity contribution in [3.05, 3.63) is 119 Å². The van der Waals surface area contributed by atoms with Gasteiger partial charge in [-0.05, 0) is 59.6 Å². The molecule has 6 rings (SSSR count). The fraction of sp³-hybridized carbons (Fsp3) is 0.278. The molecule has 8 nitrogen and oxygen atoms in total.